The van der Waals surface area contributed by atoms with E-state index in [0.29, 0.717) is 0 Å². The molecule has 1 N–H and O–H groups in total. The van der Waals surface area contributed by atoms with Crippen LogP contribution in [0.25, 0.3) is 10.8 Å². The molecule has 1 unspecified atom stereocenters. The molecular formula is C19H24O3. The van der Waals surface area contributed by atoms with E-state index in [1.807, 2.05) is 31.2 Å². The Kier molecular flexibility index (Phi) is 4.74. The number of fused-ring (bicyclic) bond motifs is 1. The van der Waals surface area contributed by atoms with Gasteiger partial charge in [0.2, 0.25) is 0 Å². The van der Waals surface area contributed by atoms with E-state index in [1.54, 1.807) is 12.1 Å². The minimum Gasteiger partial charge on any atom is -0.507 e. The number of esters is 1. The summed E-state index contributed by atoms with van der Waals surface area (Å²) in [5.74, 6) is -0.0535. The van der Waals surface area contributed by atoms with E-state index in [2.05, 4.69) is 20.8 Å². The summed E-state index contributed by atoms with van der Waals surface area (Å²) < 4.78 is 5.46. The highest BCUT2D eigenvalue weighted by molar-refractivity contribution is 5.90. The van der Waals surface area contributed by atoms with E-state index in [0.717, 1.165) is 22.8 Å². The maximum absolute atomic E-state index is 12.1. The Balaban J connectivity index is 2.09. The van der Waals surface area contributed by atoms with Gasteiger partial charge in [0.1, 0.15) is 12.4 Å². The average Bonchev–Trinajstić information content (AvgIpc) is 2.43. The van der Waals surface area contributed by atoms with Gasteiger partial charge in [0, 0.05) is 5.39 Å². The summed E-state index contributed by atoms with van der Waals surface area (Å²) in [6, 6.07) is 11.0. The summed E-state index contributed by atoms with van der Waals surface area (Å²) >= 11 is 0. The topological polar surface area (TPSA) is 46.5 Å². The SMILES string of the molecule is CC(CC(C)(C)C)C(=O)OCc1cccc2c(O)cccc12. The molecule has 2 aromatic rings. The van der Waals surface area contributed by atoms with Gasteiger partial charge >= 0.3 is 5.97 Å². The molecule has 3 nitrogen and oxygen atoms in total. The molecule has 1 atom stereocenters. The maximum Gasteiger partial charge on any atom is 0.309 e. The summed E-state index contributed by atoms with van der Waals surface area (Å²) in [5, 5.41) is 11.6. The molecule has 0 fully saturated rings. The van der Waals surface area contributed by atoms with Crippen LogP contribution < -0.4 is 0 Å². The van der Waals surface area contributed by atoms with E-state index in [4.69, 9.17) is 4.74 Å². The van der Waals surface area contributed by atoms with Crippen LogP contribution in [0.15, 0.2) is 36.4 Å². The third-order valence-corrected chi connectivity index (χ3v) is 3.68. The van der Waals surface area contributed by atoms with Gasteiger partial charge in [-0.3, -0.25) is 4.79 Å². The molecule has 0 heterocycles. The molecule has 0 aliphatic heterocycles. The van der Waals surface area contributed by atoms with Gasteiger partial charge in [-0.15, -0.1) is 0 Å². The lowest BCUT2D eigenvalue weighted by atomic mass is 9.85. The number of phenolic OH excluding ortho intramolecular Hbond substituents is 1. The number of carbonyl (C=O) groups excluding carboxylic acids is 1. The minimum atomic E-state index is -0.174. The molecule has 2 aromatic carbocycles. The molecule has 118 valence electrons. The van der Waals surface area contributed by atoms with Crippen LogP contribution >= 0.6 is 0 Å². The van der Waals surface area contributed by atoms with Crippen LogP contribution in [0.4, 0.5) is 0 Å². The van der Waals surface area contributed by atoms with Crippen LogP contribution in [0.2, 0.25) is 0 Å². The fourth-order valence-corrected chi connectivity index (χ4v) is 2.78. The van der Waals surface area contributed by atoms with Crippen molar-refractivity contribution < 1.29 is 14.6 Å². The number of carbonyl (C=O) groups is 1. The molecule has 0 aliphatic rings. The van der Waals surface area contributed by atoms with Crippen molar-refractivity contribution in [3.8, 4) is 5.75 Å². The molecule has 0 saturated carbocycles. The highest BCUT2D eigenvalue weighted by Crippen LogP contribution is 2.28. The molecule has 0 aliphatic carbocycles. The Morgan fingerprint density at radius 2 is 1.77 bits per heavy atom. The zero-order chi connectivity index (χ0) is 16.3. The van der Waals surface area contributed by atoms with Gasteiger partial charge < -0.3 is 9.84 Å². The predicted octanol–water partition coefficient (Wildman–Crippen LogP) is 4.66. The van der Waals surface area contributed by atoms with Crippen molar-refractivity contribution in [2.45, 2.75) is 40.7 Å². The molecule has 0 saturated heterocycles. The standard InChI is InChI=1S/C19H24O3/c1-13(11-19(2,3)4)18(21)22-12-14-7-5-9-16-15(14)8-6-10-17(16)20/h5-10,13,20H,11-12H2,1-4H3. The molecule has 22 heavy (non-hydrogen) atoms. The summed E-state index contributed by atoms with van der Waals surface area (Å²) in [7, 11) is 0. The van der Waals surface area contributed by atoms with Gasteiger partial charge in [-0.2, -0.15) is 0 Å². The number of ether oxygens (including phenoxy) is 1. The second-order valence-corrected chi connectivity index (χ2v) is 7.06. The largest absolute Gasteiger partial charge is 0.507 e. The molecule has 0 bridgehead atoms. The summed E-state index contributed by atoms with van der Waals surface area (Å²) in [4.78, 5) is 12.1. The van der Waals surface area contributed by atoms with Crippen LogP contribution in [0, 0.1) is 11.3 Å². The Morgan fingerprint density at radius 3 is 2.45 bits per heavy atom. The molecule has 0 aromatic heterocycles. The van der Waals surface area contributed by atoms with Gasteiger partial charge in [-0.1, -0.05) is 58.0 Å². The fourth-order valence-electron chi connectivity index (χ4n) is 2.78. The van der Waals surface area contributed by atoms with Crippen molar-refractivity contribution in [3.05, 3.63) is 42.0 Å². The van der Waals surface area contributed by atoms with Crippen LogP contribution in [-0.4, -0.2) is 11.1 Å². The lowest BCUT2D eigenvalue weighted by Gasteiger charge is -2.22. The van der Waals surface area contributed by atoms with Gasteiger partial charge in [0.05, 0.1) is 5.92 Å². The number of benzene rings is 2. The number of hydrogen-bond donors (Lipinski definition) is 1. The van der Waals surface area contributed by atoms with Crippen molar-refractivity contribution in [1.29, 1.82) is 0 Å². The molecular weight excluding hydrogens is 276 g/mol. The average molecular weight is 300 g/mol. The lowest BCUT2D eigenvalue weighted by molar-refractivity contribution is -0.150. The Bertz CT molecular complexity index is 668. The second kappa shape index (κ2) is 6.39. The summed E-state index contributed by atoms with van der Waals surface area (Å²) in [6.45, 7) is 8.48. The van der Waals surface area contributed by atoms with Crippen LogP contribution in [-0.2, 0) is 16.1 Å². The van der Waals surface area contributed by atoms with Crippen molar-refractivity contribution in [2.75, 3.05) is 0 Å². The first-order valence-corrected chi connectivity index (χ1v) is 7.64. The van der Waals surface area contributed by atoms with Crippen molar-refractivity contribution in [1.82, 2.24) is 0 Å². The van der Waals surface area contributed by atoms with Crippen molar-refractivity contribution in [3.63, 3.8) is 0 Å². The number of aromatic hydroxyl groups is 1. The monoisotopic (exact) mass is 300 g/mol. The number of hydrogen-bond acceptors (Lipinski definition) is 3. The number of phenols is 1. The summed E-state index contributed by atoms with van der Waals surface area (Å²) in [5.41, 5.74) is 1.01. The molecule has 0 radical (unpaired) electrons. The fraction of sp³-hybridized carbons (Fsp3) is 0.421. The first-order chi connectivity index (χ1) is 10.3. The second-order valence-electron chi connectivity index (χ2n) is 7.06. The highest BCUT2D eigenvalue weighted by atomic mass is 16.5. The van der Waals surface area contributed by atoms with Crippen molar-refractivity contribution >= 4 is 16.7 Å². The van der Waals surface area contributed by atoms with E-state index in [9.17, 15) is 9.90 Å². The van der Waals surface area contributed by atoms with E-state index < -0.39 is 0 Å². The maximum atomic E-state index is 12.1. The van der Waals surface area contributed by atoms with Gasteiger partial charge in [0.25, 0.3) is 0 Å². The lowest BCUT2D eigenvalue weighted by Crippen LogP contribution is -2.20. The number of rotatable bonds is 4. The zero-order valence-electron chi connectivity index (χ0n) is 13.7. The van der Waals surface area contributed by atoms with Crippen LogP contribution in [0.3, 0.4) is 0 Å². The van der Waals surface area contributed by atoms with Gasteiger partial charge in [0.15, 0.2) is 0 Å². The van der Waals surface area contributed by atoms with Gasteiger partial charge in [-0.25, -0.2) is 0 Å². The van der Waals surface area contributed by atoms with Gasteiger partial charge in [-0.05, 0) is 28.9 Å². The highest BCUT2D eigenvalue weighted by Gasteiger charge is 2.22. The first-order valence-electron chi connectivity index (χ1n) is 7.64. The Labute approximate surface area is 131 Å². The van der Waals surface area contributed by atoms with E-state index in [1.165, 1.54) is 0 Å². The van der Waals surface area contributed by atoms with E-state index >= 15 is 0 Å². The van der Waals surface area contributed by atoms with E-state index in [-0.39, 0.29) is 29.7 Å². The van der Waals surface area contributed by atoms with Crippen LogP contribution in [0.5, 0.6) is 5.75 Å². The minimum absolute atomic E-state index is 0.101. The Hall–Kier alpha value is -2.03. The quantitative estimate of drug-likeness (QED) is 0.835. The smallest absolute Gasteiger partial charge is 0.309 e. The van der Waals surface area contributed by atoms with Crippen molar-refractivity contribution in [2.24, 2.45) is 11.3 Å². The molecule has 0 amide bonds. The van der Waals surface area contributed by atoms with Crippen LogP contribution in [0.1, 0.15) is 39.7 Å². The molecule has 2 rings (SSSR count). The normalized spacial score (nSPS) is 13.1. The predicted molar refractivity (Wildman–Crippen MR) is 88.6 cm³/mol. The first kappa shape index (κ1) is 16.3. The Morgan fingerprint density at radius 1 is 1.14 bits per heavy atom. The molecule has 3 heteroatoms. The molecule has 0 spiro atoms. The third kappa shape index (κ3) is 4.00. The summed E-state index contributed by atoms with van der Waals surface area (Å²) in [6.07, 6.45) is 0.794. The third-order valence-electron chi connectivity index (χ3n) is 3.68. The zero-order valence-corrected chi connectivity index (χ0v) is 13.7.